The molecular formula is C16H14F6N2O2S. The predicted octanol–water partition coefficient (Wildman–Crippen LogP) is 5.20. The first-order chi connectivity index (χ1) is 12.4. The Morgan fingerprint density at radius 3 is 2.07 bits per heavy atom. The fourth-order valence-electron chi connectivity index (χ4n) is 2.18. The summed E-state index contributed by atoms with van der Waals surface area (Å²) in [4.78, 5) is 11.9. The Kier molecular flexibility index (Phi) is 6.13. The quantitative estimate of drug-likeness (QED) is 0.686. The minimum absolute atomic E-state index is 0.00185. The number of nitrogens with one attached hydrogen (secondary N) is 1. The lowest BCUT2D eigenvalue weighted by molar-refractivity contribution is -0.143. The number of rotatable bonds is 5. The number of aryl methyl sites for hydroxylation is 2. The van der Waals surface area contributed by atoms with Crippen LogP contribution in [-0.2, 0) is 22.9 Å². The molecule has 1 amide bonds. The standard InChI is InChI=1S/C16H14F6N2O2S/c1-8-13(9(2)26-24-8)6-27-7-14(25)23-12-4-10(15(17,18)19)3-11(5-12)16(20,21)22/h3-5H,6-7H2,1-2H3,(H,23,25). The highest BCUT2D eigenvalue weighted by atomic mass is 32.2. The van der Waals surface area contributed by atoms with E-state index in [2.05, 4.69) is 10.5 Å². The van der Waals surface area contributed by atoms with E-state index in [1.807, 2.05) is 0 Å². The van der Waals surface area contributed by atoms with Crippen molar-refractivity contribution in [2.45, 2.75) is 32.0 Å². The van der Waals surface area contributed by atoms with Crippen LogP contribution in [-0.4, -0.2) is 16.8 Å². The minimum Gasteiger partial charge on any atom is -0.361 e. The van der Waals surface area contributed by atoms with E-state index in [-0.39, 0.29) is 11.8 Å². The summed E-state index contributed by atoms with van der Waals surface area (Å²) in [7, 11) is 0. The summed E-state index contributed by atoms with van der Waals surface area (Å²) < 4.78 is 81.8. The van der Waals surface area contributed by atoms with Crippen LogP contribution in [0.4, 0.5) is 32.0 Å². The van der Waals surface area contributed by atoms with E-state index in [0.717, 1.165) is 17.3 Å². The van der Waals surface area contributed by atoms with E-state index in [1.165, 1.54) is 0 Å². The van der Waals surface area contributed by atoms with Gasteiger partial charge in [-0.15, -0.1) is 11.8 Å². The molecule has 0 bridgehead atoms. The minimum atomic E-state index is -4.97. The summed E-state index contributed by atoms with van der Waals surface area (Å²) in [6, 6.07) is 0.931. The summed E-state index contributed by atoms with van der Waals surface area (Å²) in [6.45, 7) is 3.41. The van der Waals surface area contributed by atoms with Gasteiger partial charge in [-0.1, -0.05) is 5.16 Å². The van der Waals surface area contributed by atoms with Gasteiger partial charge in [0.2, 0.25) is 5.91 Å². The number of halogens is 6. The molecule has 2 aromatic rings. The summed E-state index contributed by atoms with van der Waals surface area (Å²) in [5.41, 5.74) is -2.12. The van der Waals surface area contributed by atoms with Crippen LogP contribution < -0.4 is 5.32 Å². The van der Waals surface area contributed by atoms with Gasteiger partial charge in [-0.2, -0.15) is 26.3 Å². The first kappa shape index (κ1) is 21.1. The second-order valence-electron chi connectivity index (χ2n) is 5.64. The lowest BCUT2D eigenvalue weighted by Crippen LogP contribution is -2.17. The number of benzene rings is 1. The molecule has 0 spiro atoms. The molecule has 0 saturated heterocycles. The molecule has 0 aliphatic carbocycles. The molecule has 1 N–H and O–H groups in total. The van der Waals surface area contributed by atoms with Gasteiger partial charge in [0.15, 0.2) is 0 Å². The maximum absolute atomic E-state index is 12.8. The normalized spacial score (nSPS) is 12.3. The third-order valence-corrected chi connectivity index (χ3v) is 4.49. The largest absolute Gasteiger partial charge is 0.416 e. The monoisotopic (exact) mass is 412 g/mol. The van der Waals surface area contributed by atoms with E-state index in [1.54, 1.807) is 13.8 Å². The average molecular weight is 412 g/mol. The molecule has 1 heterocycles. The maximum atomic E-state index is 12.8. The van der Waals surface area contributed by atoms with E-state index >= 15 is 0 Å². The van der Waals surface area contributed by atoms with Gasteiger partial charge in [-0.05, 0) is 32.0 Å². The van der Waals surface area contributed by atoms with Crippen molar-refractivity contribution in [3.63, 3.8) is 0 Å². The molecule has 0 aliphatic heterocycles. The van der Waals surface area contributed by atoms with Gasteiger partial charge in [0.05, 0.1) is 22.6 Å². The number of alkyl halides is 6. The van der Waals surface area contributed by atoms with Gasteiger partial charge in [0.25, 0.3) is 0 Å². The van der Waals surface area contributed by atoms with Crippen molar-refractivity contribution in [2.75, 3.05) is 11.1 Å². The molecule has 27 heavy (non-hydrogen) atoms. The molecule has 0 aliphatic rings. The van der Waals surface area contributed by atoms with Crippen LogP contribution in [0.5, 0.6) is 0 Å². The molecule has 4 nitrogen and oxygen atoms in total. The van der Waals surface area contributed by atoms with Crippen LogP contribution in [0.3, 0.4) is 0 Å². The molecule has 0 unspecified atom stereocenters. The van der Waals surface area contributed by atoms with Gasteiger partial charge >= 0.3 is 12.4 Å². The van der Waals surface area contributed by atoms with Crippen molar-refractivity contribution in [1.29, 1.82) is 0 Å². The predicted molar refractivity (Wildman–Crippen MR) is 87.2 cm³/mol. The SMILES string of the molecule is Cc1noc(C)c1CSCC(=O)Nc1cc(C(F)(F)F)cc(C(F)(F)F)c1. The highest BCUT2D eigenvalue weighted by molar-refractivity contribution is 7.99. The Balaban J connectivity index is 2.08. The molecular weight excluding hydrogens is 398 g/mol. The number of anilines is 1. The number of thioether (sulfide) groups is 1. The van der Waals surface area contributed by atoms with E-state index < -0.39 is 35.1 Å². The Hall–Kier alpha value is -2.17. The van der Waals surface area contributed by atoms with E-state index in [9.17, 15) is 31.1 Å². The third-order valence-electron chi connectivity index (χ3n) is 3.53. The van der Waals surface area contributed by atoms with Crippen LogP contribution >= 0.6 is 11.8 Å². The Morgan fingerprint density at radius 1 is 1.07 bits per heavy atom. The third kappa shape index (κ3) is 5.65. The van der Waals surface area contributed by atoms with Crippen LogP contribution in [0, 0.1) is 13.8 Å². The van der Waals surface area contributed by atoms with Crippen molar-refractivity contribution in [1.82, 2.24) is 5.16 Å². The smallest absolute Gasteiger partial charge is 0.361 e. The topological polar surface area (TPSA) is 55.1 Å². The molecule has 2 rings (SSSR count). The van der Waals surface area contributed by atoms with Gasteiger partial charge < -0.3 is 9.84 Å². The number of nitrogens with zero attached hydrogens (tertiary/aromatic N) is 1. The lowest BCUT2D eigenvalue weighted by Gasteiger charge is -2.14. The average Bonchev–Trinajstić information content (AvgIpc) is 2.84. The van der Waals surface area contributed by atoms with Crippen molar-refractivity contribution in [2.24, 2.45) is 0 Å². The maximum Gasteiger partial charge on any atom is 0.416 e. The van der Waals surface area contributed by atoms with Crippen molar-refractivity contribution in [3.8, 4) is 0 Å². The second-order valence-corrected chi connectivity index (χ2v) is 6.62. The number of hydrogen-bond donors (Lipinski definition) is 1. The summed E-state index contributed by atoms with van der Waals surface area (Å²) in [6.07, 6.45) is -9.95. The molecule has 0 atom stereocenters. The number of carbonyl (C=O) groups excluding carboxylic acids is 1. The zero-order valence-corrected chi connectivity index (χ0v) is 14.9. The van der Waals surface area contributed by atoms with Crippen molar-refractivity contribution in [3.05, 3.63) is 46.3 Å². The van der Waals surface area contributed by atoms with E-state index in [0.29, 0.717) is 29.3 Å². The highest BCUT2D eigenvalue weighted by Gasteiger charge is 2.37. The lowest BCUT2D eigenvalue weighted by atomic mass is 10.1. The number of hydrogen-bond acceptors (Lipinski definition) is 4. The summed E-state index contributed by atoms with van der Waals surface area (Å²) in [5.74, 6) is 0.0550. The van der Waals surface area contributed by atoms with Gasteiger partial charge in [0.1, 0.15) is 5.76 Å². The molecule has 0 saturated carbocycles. The van der Waals surface area contributed by atoms with Gasteiger partial charge in [0, 0.05) is 17.0 Å². The highest BCUT2D eigenvalue weighted by Crippen LogP contribution is 2.37. The molecule has 148 valence electrons. The summed E-state index contributed by atoms with van der Waals surface area (Å²) >= 11 is 1.13. The van der Waals surface area contributed by atoms with E-state index in [4.69, 9.17) is 4.52 Å². The first-order valence-corrected chi connectivity index (χ1v) is 8.62. The van der Waals surface area contributed by atoms with Crippen LogP contribution in [0.1, 0.15) is 28.1 Å². The van der Waals surface area contributed by atoms with Gasteiger partial charge in [-0.3, -0.25) is 4.79 Å². The van der Waals surface area contributed by atoms with Crippen LogP contribution in [0.25, 0.3) is 0 Å². The molecule has 1 aromatic heterocycles. The molecule has 11 heteroatoms. The fourth-order valence-corrected chi connectivity index (χ4v) is 3.15. The van der Waals surface area contributed by atoms with Crippen LogP contribution in [0.2, 0.25) is 0 Å². The molecule has 0 radical (unpaired) electrons. The number of carbonyl (C=O) groups is 1. The van der Waals surface area contributed by atoms with Crippen molar-refractivity contribution >= 4 is 23.4 Å². The molecule has 0 fully saturated rings. The van der Waals surface area contributed by atoms with Gasteiger partial charge in [-0.25, -0.2) is 0 Å². The number of amides is 1. The fraction of sp³-hybridized carbons (Fsp3) is 0.375. The Bertz CT molecular complexity index is 778. The van der Waals surface area contributed by atoms with Crippen LogP contribution in [0.15, 0.2) is 22.7 Å². The number of aromatic nitrogens is 1. The Morgan fingerprint density at radius 2 is 1.63 bits per heavy atom. The first-order valence-electron chi connectivity index (χ1n) is 7.46. The van der Waals surface area contributed by atoms with Crippen molar-refractivity contribution < 1.29 is 35.7 Å². The molecule has 1 aromatic carbocycles. The zero-order chi connectivity index (χ0) is 20.4. The summed E-state index contributed by atoms with van der Waals surface area (Å²) in [5, 5.41) is 5.82. The second kappa shape index (κ2) is 7.83. The zero-order valence-electron chi connectivity index (χ0n) is 14.1. The Labute approximate surface area is 154 Å².